The van der Waals surface area contributed by atoms with E-state index in [0.29, 0.717) is 13.0 Å². The van der Waals surface area contributed by atoms with Crippen LogP contribution < -0.4 is 10.2 Å². The quantitative estimate of drug-likeness (QED) is 0.288. The number of hydrogen-bond acceptors (Lipinski definition) is 5. The molecule has 0 aliphatic heterocycles. The first kappa shape index (κ1) is 28.4. The fourth-order valence-corrected chi connectivity index (χ4v) is 4.13. The van der Waals surface area contributed by atoms with E-state index in [1.54, 1.807) is 6.92 Å². The summed E-state index contributed by atoms with van der Waals surface area (Å²) in [5, 5.41) is 14.6. The lowest BCUT2D eigenvalue weighted by Crippen LogP contribution is -2.51. The van der Waals surface area contributed by atoms with Gasteiger partial charge in [-0.05, 0) is 54.0 Å². The number of tetrazole rings is 1. The second-order valence-electron chi connectivity index (χ2n) is 8.91. The molecule has 12 heteroatoms. The molecule has 0 saturated carbocycles. The van der Waals surface area contributed by atoms with Crippen LogP contribution >= 0.6 is 0 Å². The number of benzene rings is 3. The van der Waals surface area contributed by atoms with Gasteiger partial charge in [0.2, 0.25) is 11.7 Å². The number of alkyl halides is 3. The number of nitrogens with zero attached hydrogens (tertiary/aromatic N) is 5. The summed E-state index contributed by atoms with van der Waals surface area (Å²) in [6, 6.07) is 18.2. The average molecular weight is 555 g/mol. The fraction of sp³-hybridized carbons (Fsp3) is 0.250. The summed E-state index contributed by atoms with van der Waals surface area (Å²) in [5.41, 5.74) is 0.670. The normalized spacial score (nSPS) is 12.1. The van der Waals surface area contributed by atoms with Crippen LogP contribution in [0, 0.1) is 5.82 Å². The number of hydrogen-bond donors (Lipinski definition) is 1. The SMILES string of the molecule is CC[C@H](C(=O)NCCc1ccccc1)N(C(=O)Cn1nnc(-c2ccc(C(F)(F)F)cc2)n1)c1cccc(F)c1. The molecule has 0 fully saturated rings. The Labute approximate surface area is 227 Å². The zero-order valence-corrected chi connectivity index (χ0v) is 21.5. The van der Waals surface area contributed by atoms with E-state index in [1.807, 2.05) is 30.3 Å². The Morgan fingerprint density at radius 1 is 1.00 bits per heavy atom. The number of anilines is 1. The maximum absolute atomic E-state index is 14.1. The zero-order valence-electron chi connectivity index (χ0n) is 21.5. The highest BCUT2D eigenvalue weighted by Gasteiger charge is 2.31. The van der Waals surface area contributed by atoms with Gasteiger partial charge in [0.05, 0.1) is 5.56 Å². The molecular formula is C28H26F4N6O2. The third kappa shape index (κ3) is 7.07. The molecule has 4 aromatic rings. The van der Waals surface area contributed by atoms with Crippen molar-refractivity contribution in [2.75, 3.05) is 11.4 Å². The highest BCUT2D eigenvalue weighted by molar-refractivity contribution is 6.00. The molecule has 1 N–H and O–H groups in total. The Morgan fingerprint density at radius 3 is 2.38 bits per heavy atom. The molecule has 4 rings (SSSR count). The van der Waals surface area contributed by atoms with Gasteiger partial charge < -0.3 is 5.32 Å². The van der Waals surface area contributed by atoms with Crippen LogP contribution in [0.4, 0.5) is 23.2 Å². The molecule has 0 spiro atoms. The molecule has 40 heavy (non-hydrogen) atoms. The Morgan fingerprint density at radius 2 is 1.73 bits per heavy atom. The molecule has 0 saturated heterocycles. The Kier molecular flexibility index (Phi) is 8.87. The third-order valence-corrected chi connectivity index (χ3v) is 6.11. The van der Waals surface area contributed by atoms with Crippen molar-refractivity contribution in [3.63, 3.8) is 0 Å². The summed E-state index contributed by atoms with van der Waals surface area (Å²) in [4.78, 5) is 28.8. The van der Waals surface area contributed by atoms with Crippen molar-refractivity contribution in [3.8, 4) is 11.4 Å². The van der Waals surface area contributed by atoms with Gasteiger partial charge in [-0.15, -0.1) is 10.2 Å². The van der Waals surface area contributed by atoms with Crippen LogP contribution in [0.15, 0.2) is 78.9 Å². The molecule has 2 amide bonds. The summed E-state index contributed by atoms with van der Waals surface area (Å²) in [6.07, 6.45) is -3.66. The van der Waals surface area contributed by atoms with E-state index < -0.39 is 42.0 Å². The van der Waals surface area contributed by atoms with Crippen LogP contribution in [0.1, 0.15) is 24.5 Å². The van der Waals surface area contributed by atoms with Crippen molar-refractivity contribution in [2.45, 2.75) is 38.5 Å². The van der Waals surface area contributed by atoms with E-state index in [9.17, 15) is 27.2 Å². The molecule has 0 radical (unpaired) electrons. The first-order chi connectivity index (χ1) is 19.2. The Balaban J connectivity index is 1.51. The first-order valence-electron chi connectivity index (χ1n) is 12.5. The predicted octanol–water partition coefficient (Wildman–Crippen LogP) is 4.67. The van der Waals surface area contributed by atoms with Gasteiger partial charge in [-0.3, -0.25) is 14.5 Å². The predicted molar refractivity (Wildman–Crippen MR) is 139 cm³/mol. The second kappa shape index (κ2) is 12.5. The summed E-state index contributed by atoms with van der Waals surface area (Å²) in [6.45, 7) is 1.63. The molecule has 8 nitrogen and oxygen atoms in total. The van der Waals surface area contributed by atoms with E-state index in [4.69, 9.17) is 0 Å². The van der Waals surface area contributed by atoms with Gasteiger partial charge in [0.1, 0.15) is 18.4 Å². The molecule has 0 aliphatic carbocycles. The molecule has 0 aliphatic rings. The lowest BCUT2D eigenvalue weighted by molar-refractivity contribution is -0.137. The van der Waals surface area contributed by atoms with Gasteiger partial charge in [-0.1, -0.05) is 55.5 Å². The van der Waals surface area contributed by atoms with Crippen molar-refractivity contribution in [2.24, 2.45) is 0 Å². The number of carbonyl (C=O) groups excluding carboxylic acids is 2. The summed E-state index contributed by atoms with van der Waals surface area (Å²) in [5.74, 6) is -1.58. The number of aromatic nitrogens is 4. The van der Waals surface area contributed by atoms with E-state index in [1.165, 1.54) is 35.2 Å². The van der Waals surface area contributed by atoms with Crippen LogP contribution in [0.3, 0.4) is 0 Å². The highest BCUT2D eigenvalue weighted by Crippen LogP contribution is 2.30. The summed E-state index contributed by atoms with van der Waals surface area (Å²) >= 11 is 0. The van der Waals surface area contributed by atoms with Crippen LogP contribution in [0.5, 0.6) is 0 Å². The van der Waals surface area contributed by atoms with Crippen molar-refractivity contribution >= 4 is 17.5 Å². The van der Waals surface area contributed by atoms with Gasteiger partial charge in [-0.25, -0.2) is 4.39 Å². The maximum Gasteiger partial charge on any atom is 0.416 e. The highest BCUT2D eigenvalue weighted by atomic mass is 19.4. The van der Waals surface area contributed by atoms with Crippen LogP contribution in [0.25, 0.3) is 11.4 Å². The molecule has 1 aromatic heterocycles. The molecule has 3 aromatic carbocycles. The largest absolute Gasteiger partial charge is 0.416 e. The standard InChI is InChI=1S/C28H26F4N6O2/c1-2-24(27(40)33-16-15-19-7-4-3-5-8-19)38(23-10-6-9-22(29)17-23)25(39)18-37-35-26(34-36-37)20-11-13-21(14-12-20)28(30,31)32/h3-14,17,24H,2,15-16,18H2,1H3,(H,33,40)/t24-/m1/s1. The number of nitrogens with one attached hydrogen (secondary N) is 1. The molecule has 1 heterocycles. The summed E-state index contributed by atoms with van der Waals surface area (Å²) < 4.78 is 52.7. The molecule has 208 valence electrons. The minimum absolute atomic E-state index is 0.0181. The van der Waals surface area contributed by atoms with Crippen molar-refractivity contribution in [1.82, 2.24) is 25.5 Å². The van der Waals surface area contributed by atoms with Gasteiger partial charge in [0, 0.05) is 17.8 Å². The number of rotatable bonds is 10. The number of amides is 2. The Bertz CT molecular complexity index is 1440. The number of halogens is 4. The second-order valence-corrected chi connectivity index (χ2v) is 8.91. The van der Waals surface area contributed by atoms with Gasteiger partial charge in [0.15, 0.2) is 0 Å². The van der Waals surface area contributed by atoms with Crippen LogP contribution in [-0.4, -0.2) is 44.6 Å². The first-order valence-corrected chi connectivity index (χ1v) is 12.5. The van der Waals surface area contributed by atoms with Crippen molar-refractivity contribution < 1.29 is 27.2 Å². The number of carbonyl (C=O) groups is 2. The molecule has 1 atom stereocenters. The minimum atomic E-state index is -4.49. The lowest BCUT2D eigenvalue weighted by Gasteiger charge is -2.30. The van der Waals surface area contributed by atoms with E-state index in [2.05, 4.69) is 20.7 Å². The van der Waals surface area contributed by atoms with Crippen LogP contribution in [-0.2, 0) is 28.7 Å². The van der Waals surface area contributed by atoms with Gasteiger partial charge >= 0.3 is 6.18 Å². The van der Waals surface area contributed by atoms with Crippen molar-refractivity contribution in [1.29, 1.82) is 0 Å². The minimum Gasteiger partial charge on any atom is -0.354 e. The monoisotopic (exact) mass is 554 g/mol. The third-order valence-electron chi connectivity index (χ3n) is 6.11. The van der Waals surface area contributed by atoms with Gasteiger partial charge in [0.25, 0.3) is 5.91 Å². The lowest BCUT2D eigenvalue weighted by atomic mass is 10.1. The summed E-state index contributed by atoms with van der Waals surface area (Å²) in [7, 11) is 0. The smallest absolute Gasteiger partial charge is 0.354 e. The molecule has 0 unspecified atom stereocenters. The topological polar surface area (TPSA) is 93.0 Å². The van der Waals surface area contributed by atoms with Crippen molar-refractivity contribution in [3.05, 3.63) is 95.8 Å². The average Bonchev–Trinajstić information content (AvgIpc) is 3.40. The van der Waals surface area contributed by atoms with Gasteiger partial charge in [-0.2, -0.15) is 18.0 Å². The zero-order chi connectivity index (χ0) is 28.7. The van der Waals surface area contributed by atoms with E-state index >= 15 is 0 Å². The maximum atomic E-state index is 14.1. The fourth-order valence-electron chi connectivity index (χ4n) is 4.13. The molecular weight excluding hydrogens is 528 g/mol. The molecule has 0 bridgehead atoms. The van der Waals surface area contributed by atoms with E-state index in [0.717, 1.165) is 28.6 Å². The van der Waals surface area contributed by atoms with E-state index in [-0.39, 0.29) is 23.5 Å². The Hall–Kier alpha value is -4.61. The van der Waals surface area contributed by atoms with Crippen LogP contribution in [0.2, 0.25) is 0 Å².